The number of benzene rings is 2. The Morgan fingerprint density at radius 3 is 2.50 bits per heavy atom. The van der Waals surface area contributed by atoms with Crippen LogP contribution >= 0.6 is 22.9 Å². The first-order chi connectivity index (χ1) is 14.2. The van der Waals surface area contributed by atoms with E-state index in [1.807, 2.05) is 48.5 Å². The van der Waals surface area contributed by atoms with Crippen molar-refractivity contribution in [3.63, 3.8) is 0 Å². The van der Waals surface area contributed by atoms with E-state index in [1.165, 1.54) is 0 Å². The van der Waals surface area contributed by atoms with Crippen molar-refractivity contribution in [2.45, 2.75) is 19.4 Å². The van der Waals surface area contributed by atoms with E-state index in [0.717, 1.165) is 26.7 Å². The predicted molar refractivity (Wildman–Crippen MR) is 121 cm³/mol. The van der Waals surface area contributed by atoms with Crippen molar-refractivity contribution in [3.8, 4) is 26.7 Å². The van der Waals surface area contributed by atoms with Crippen LogP contribution < -0.4 is 5.73 Å². The lowest BCUT2D eigenvalue weighted by molar-refractivity contribution is 0.0734. The Balaban J connectivity index is 1.83. The number of hydrogen-bond donors (Lipinski definition) is 2. The van der Waals surface area contributed by atoms with Crippen LogP contribution in [0.5, 0.6) is 0 Å². The monoisotopic (exact) mass is 437 g/mol. The molecule has 0 saturated heterocycles. The molecule has 0 radical (unpaired) electrons. The summed E-state index contributed by atoms with van der Waals surface area (Å²) in [7, 11) is 0. The number of halogens is 1. The number of thiophene rings is 1. The summed E-state index contributed by atoms with van der Waals surface area (Å²) < 4.78 is 1.76. The van der Waals surface area contributed by atoms with Crippen LogP contribution in [0.3, 0.4) is 0 Å². The molecule has 30 heavy (non-hydrogen) atoms. The van der Waals surface area contributed by atoms with Crippen molar-refractivity contribution in [1.82, 2.24) is 9.78 Å². The van der Waals surface area contributed by atoms with Crippen molar-refractivity contribution in [3.05, 3.63) is 83.0 Å². The van der Waals surface area contributed by atoms with Gasteiger partial charge in [-0.1, -0.05) is 35.9 Å². The fourth-order valence-corrected chi connectivity index (χ4v) is 4.34. The highest BCUT2D eigenvalue weighted by atomic mass is 35.5. The molecule has 0 spiro atoms. The van der Waals surface area contributed by atoms with E-state index < -0.39 is 11.5 Å². The van der Waals surface area contributed by atoms with E-state index in [-0.39, 0.29) is 0 Å². The standard InChI is InChI=1S/C23H20ClN3O2S/c1-23(2,29)21-13-18(27(26-21)17-9-4-3-8-16(17)24)20-11-10-19(30-20)14-6-5-7-15(12-14)22(25)28/h3-13,29H,1-2H3,(H2,25,28). The van der Waals surface area contributed by atoms with Gasteiger partial charge >= 0.3 is 0 Å². The summed E-state index contributed by atoms with van der Waals surface area (Å²) in [5, 5.41) is 15.7. The van der Waals surface area contributed by atoms with Crippen LogP contribution in [0, 0.1) is 0 Å². The molecule has 2 heterocycles. The topological polar surface area (TPSA) is 81.1 Å². The Kier molecular flexibility index (Phi) is 5.24. The molecule has 2 aromatic carbocycles. The van der Waals surface area contributed by atoms with E-state index in [9.17, 15) is 9.90 Å². The molecule has 0 fully saturated rings. The molecule has 0 unspecified atom stereocenters. The second-order valence-corrected chi connectivity index (χ2v) is 8.94. The normalized spacial score (nSPS) is 11.6. The molecule has 0 aliphatic carbocycles. The molecular formula is C23H20ClN3O2S. The summed E-state index contributed by atoms with van der Waals surface area (Å²) in [5.41, 5.74) is 7.79. The molecule has 1 amide bonds. The summed E-state index contributed by atoms with van der Waals surface area (Å²) in [5.74, 6) is -0.458. The fraction of sp³-hybridized carbons (Fsp3) is 0.130. The third-order valence-electron chi connectivity index (χ3n) is 4.71. The molecular weight excluding hydrogens is 418 g/mol. The van der Waals surface area contributed by atoms with Crippen LogP contribution in [0.1, 0.15) is 29.9 Å². The Morgan fingerprint density at radius 1 is 1.07 bits per heavy atom. The van der Waals surface area contributed by atoms with E-state index in [2.05, 4.69) is 5.10 Å². The molecule has 0 atom stereocenters. The fourth-order valence-electron chi connectivity index (χ4n) is 3.12. The van der Waals surface area contributed by atoms with Crippen LogP contribution in [0.15, 0.2) is 66.7 Å². The number of nitrogens with two attached hydrogens (primary N) is 1. The van der Waals surface area contributed by atoms with Crippen LogP contribution in [0.4, 0.5) is 0 Å². The number of aromatic nitrogens is 2. The predicted octanol–water partition coefficient (Wildman–Crippen LogP) is 5.25. The number of para-hydroxylation sites is 1. The summed E-state index contributed by atoms with van der Waals surface area (Å²) in [4.78, 5) is 13.5. The minimum absolute atomic E-state index is 0.458. The van der Waals surface area contributed by atoms with E-state index in [1.54, 1.807) is 48.1 Å². The maximum absolute atomic E-state index is 11.5. The zero-order valence-electron chi connectivity index (χ0n) is 16.5. The molecule has 0 bridgehead atoms. The Morgan fingerprint density at radius 2 is 1.80 bits per heavy atom. The maximum Gasteiger partial charge on any atom is 0.248 e. The summed E-state index contributed by atoms with van der Waals surface area (Å²) in [6.07, 6.45) is 0. The van der Waals surface area contributed by atoms with E-state index in [0.29, 0.717) is 16.3 Å². The first-order valence-electron chi connectivity index (χ1n) is 9.32. The van der Waals surface area contributed by atoms with Gasteiger partial charge in [-0.2, -0.15) is 5.10 Å². The molecule has 4 aromatic rings. The number of amides is 1. The minimum atomic E-state index is -1.10. The third-order valence-corrected chi connectivity index (χ3v) is 6.18. The van der Waals surface area contributed by atoms with Gasteiger partial charge in [-0.05, 0) is 61.9 Å². The van der Waals surface area contributed by atoms with E-state index >= 15 is 0 Å². The van der Waals surface area contributed by atoms with Crippen molar-refractivity contribution >= 4 is 28.8 Å². The van der Waals surface area contributed by atoms with Crippen molar-refractivity contribution < 1.29 is 9.90 Å². The van der Waals surface area contributed by atoms with Gasteiger partial charge in [-0.15, -0.1) is 11.3 Å². The van der Waals surface area contributed by atoms with Crippen molar-refractivity contribution in [2.24, 2.45) is 5.73 Å². The molecule has 0 aliphatic heterocycles. The molecule has 3 N–H and O–H groups in total. The van der Waals surface area contributed by atoms with Gasteiger partial charge in [0, 0.05) is 10.4 Å². The van der Waals surface area contributed by atoms with Crippen LogP contribution in [0.2, 0.25) is 5.02 Å². The highest BCUT2D eigenvalue weighted by Crippen LogP contribution is 2.38. The highest BCUT2D eigenvalue weighted by molar-refractivity contribution is 7.18. The number of hydrogen-bond acceptors (Lipinski definition) is 4. The molecule has 2 aromatic heterocycles. The number of aliphatic hydroxyl groups is 1. The largest absolute Gasteiger partial charge is 0.384 e. The number of carbonyl (C=O) groups excluding carboxylic acids is 1. The third kappa shape index (κ3) is 3.89. The summed E-state index contributed by atoms with van der Waals surface area (Å²) in [6, 6.07) is 20.5. The Labute approximate surface area is 183 Å². The first kappa shape index (κ1) is 20.3. The van der Waals surface area contributed by atoms with Gasteiger partial charge < -0.3 is 10.8 Å². The van der Waals surface area contributed by atoms with Crippen LogP contribution in [-0.4, -0.2) is 20.8 Å². The number of nitrogens with zero attached hydrogens (tertiary/aromatic N) is 2. The SMILES string of the molecule is CC(C)(O)c1cc(-c2ccc(-c3cccc(C(N)=O)c3)s2)n(-c2ccccc2Cl)n1. The second kappa shape index (κ2) is 7.72. The van der Waals surface area contributed by atoms with Gasteiger partial charge in [-0.25, -0.2) is 4.68 Å². The van der Waals surface area contributed by atoms with Gasteiger partial charge in [0.15, 0.2) is 0 Å². The van der Waals surface area contributed by atoms with Gasteiger partial charge in [0.1, 0.15) is 5.60 Å². The molecule has 5 nitrogen and oxygen atoms in total. The zero-order chi connectivity index (χ0) is 21.5. The van der Waals surface area contributed by atoms with E-state index in [4.69, 9.17) is 17.3 Å². The smallest absolute Gasteiger partial charge is 0.248 e. The molecule has 7 heteroatoms. The van der Waals surface area contributed by atoms with Crippen molar-refractivity contribution in [1.29, 1.82) is 0 Å². The Bertz CT molecular complexity index is 1240. The van der Waals surface area contributed by atoms with Gasteiger partial charge in [-0.3, -0.25) is 4.79 Å². The second-order valence-electron chi connectivity index (χ2n) is 7.45. The van der Waals surface area contributed by atoms with Gasteiger partial charge in [0.2, 0.25) is 5.91 Å². The minimum Gasteiger partial charge on any atom is -0.384 e. The Hall–Kier alpha value is -2.93. The molecule has 152 valence electrons. The van der Waals surface area contributed by atoms with Gasteiger partial charge in [0.05, 0.1) is 27.0 Å². The zero-order valence-corrected chi connectivity index (χ0v) is 18.0. The van der Waals surface area contributed by atoms with Crippen LogP contribution in [-0.2, 0) is 5.60 Å². The maximum atomic E-state index is 11.5. The average molecular weight is 438 g/mol. The van der Waals surface area contributed by atoms with Crippen molar-refractivity contribution in [2.75, 3.05) is 0 Å². The molecule has 4 rings (SSSR count). The summed E-state index contributed by atoms with van der Waals surface area (Å²) >= 11 is 7.99. The average Bonchev–Trinajstić information content (AvgIpc) is 3.35. The van der Waals surface area contributed by atoms with Crippen LogP contribution in [0.25, 0.3) is 26.7 Å². The number of rotatable bonds is 5. The number of carbonyl (C=O) groups is 1. The lowest BCUT2D eigenvalue weighted by Crippen LogP contribution is -2.16. The first-order valence-corrected chi connectivity index (χ1v) is 10.5. The number of primary amides is 1. The lowest BCUT2D eigenvalue weighted by Gasteiger charge is -2.13. The quantitative estimate of drug-likeness (QED) is 0.447. The highest BCUT2D eigenvalue weighted by Gasteiger charge is 2.24. The molecule has 0 aliphatic rings. The lowest BCUT2D eigenvalue weighted by atomic mass is 10.1. The molecule has 0 saturated carbocycles. The summed E-state index contributed by atoms with van der Waals surface area (Å²) in [6.45, 7) is 3.40. The van der Waals surface area contributed by atoms with Gasteiger partial charge in [0.25, 0.3) is 0 Å².